The minimum atomic E-state index is -0.857. The van der Waals surface area contributed by atoms with E-state index in [1.54, 1.807) is 6.20 Å². The average molecular weight is 230 g/mol. The zero-order valence-corrected chi connectivity index (χ0v) is 7.91. The first-order valence-corrected chi connectivity index (χ1v) is 4.42. The fourth-order valence-corrected chi connectivity index (χ4v) is 1.44. The predicted molar refractivity (Wildman–Crippen MR) is 46.7 cm³/mol. The topological polar surface area (TPSA) is 42.4 Å². The highest BCUT2D eigenvalue weighted by molar-refractivity contribution is 9.10. The van der Waals surface area contributed by atoms with E-state index in [2.05, 4.69) is 20.9 Å². The van der Waals surface area contributed by atoms with E-state index in [4.69, 9.17) is 4.74 Å². The molecule has 0 atom stereocenters. The first-order valence-electron chi connectivity index (χ1n) is 3.63. The molecule has 0 amide bonds. The van der Waals surface area contributed by atoms with Crippen molar-refractivity contribution in [1.82, 2.24) is 4.98 Å². The van der Waals surface area contributed by atoms with E-state index < -0.39 is 5.60 Å². The first kappa shape index (κ1) is 8.16. The molecule has 4 heteroatoms. The van der Waals surface area contributed by atoms with Gasteiger partial charge in [0.2, 0.25) is 0 Å². The molecule has 0 saturated carbocycles. The Morgan fingerprint density at radius 1 is 1.58 bits per heavy atom. The van der Waals surface area contributed by atoms with Crippen LogP contribution in [0.3, 0.4) is 0 Å². The first-order chi connectivity index (χ1) is 5.71. The van der Waals surface area contributed by atoms with Crippen LogP contribution < -0.4 is 0 Å². The number of ether oxygens (including phenoxy) is 1. The van der Waals surface area contributed by atoms with Gasteiger partial charge in [0, 0.05) is 10.7 Å². The van der Waals surface area contributed by atoms with Gasteiger partial charge in [-0.1, -0.05) is 15.9 Å². The molecule has 0 bridgehead atoms. The van der Waals surface area contributed by atoms with Crippen LogP contribution in [0.2, 0.25) is 0 Å². The van der Waals surface area contributed by atoms with Gasteiger partial charge in [-0.3, -0.25) is 4.98 Å². The normalized spacial score (nSPS) is 20.2. The largest absolute Gasteiger partial charge is 0.379 e. The summed E-state index contributed by atoms with van der Waals surface area (Å²) in [6.07, 6.45) is 1.66. The van der Waals surface area contributed by atoms with Crippen molar-refractivity contribution in [3.05, 3.63) is 28.5 Å². The summed E-state index contributed by atoms with van der Waals surface area (Å²) in [6, 6.07) is 3.63. The molecular weight excluding hydrogens is 222 g/mol. The van der Waals surface area contributed by atoms with Crippen molar-refractivity contribution < 1.29 is 9.84 Å². The fraction of sp³-hybridized carbons (Fsp3) is 0.375. The van der Waals surface area contributed by atoms with Crippen molar-refractivity contribution >= 4 is 15.9 Å². The number of hydrogen-bond donors (Lipinski definition) is 1. The molecule has 2 heterocycles. The third kappa shape index (κ3) is 1.26. The Balaban J connectivity index is 2.33. The highest BCUT2D eigenvalue weighted by Crippen LogP contribution is 2.28. The molecule has 64 valence electrons. The molecule has 1 aliphatic rings. The lowest BCUT2D eigenvalue weighted by atomic mass is 9.97. The van der Waals surface area contributed by atoms with Gasteiger partial charge >= 0.3 is 0 Å². The third-order valence-electron chi connectivity index (χ3n) is 1.88. The van der Waals surface area contributed by atoms with Gasteiger partial charge in [0.1, 0.15) is 0 Å². The van der Waals surface area contributed by atoms with E-state index in [0.717, 1.165) is 4.47 Å². The number of aromatic nitrogens is 1. The summed E-state index contributed by atoms with van der Waals surface area (Å²) in [6.45, 7) is 0.687. The van der Waals surface area contributed by atoms with Gasteiger partial charge in [-0.25, -0.2) is 0 Å². The average Bonchev–Trinajstić information content (AvgIpc) is 2.00. The summed E-state index contributed by atoms with van der Waals surface area (Å²) in [7, 11) is 0. The number of pyridine rings is 1. The Hall–Kier alpha value is -0.450. The number of rotatable bonds is 1. The van der Waals surface area contributed by atoms with Gasteiger partial charge in [0.05, 0.1) is 18.9 Å². The monoisotopic (exact) mass is 229 g/mol. The Morgan fingerprint density at radius 3 is 2.83 bits per heavy atom. The molecule has 1 saturated heterocycles. The Bertz CT molecular complexity index is 299. The molecule has 0 aliphatic carbocycles. The van der Waals surface area contributed by atoms with Gasteiger partial charge < -0.3 is 9.84 Å². The van der Waals surface area contributed by atoms with E-state index in [1.165, 1.54) is 0 Å². The molecule has 0 radical (unpaired) electrons. The molecule has 3 nitrogen and oxygen atoms in total. The second-order valence-electron chi connectivity index (χ2n) is 2.88. The summed E-state index contributed by atoms with van der Waals surface area (Å²) in [5.74, 6) is 0. The lowest BCUT2D eigenvalue weighted by Crippen LogP contribution is -2.47. The lowest BCUT2D eigenvalue weighted by molar-refractivity contribution is -0.186. The van der Waals surface area contributed by atoms with Crippen molar-refractivity contribution in [3.63, 3.8) is 0 Å². The molecule has 0 unspecified atom stereocenters. The molecule has 1 N–H and O–H groups in total. The molecular formula is C8H8BrNO2. The summed E-state index contributed by atoms with van der Waals surface area (Å²) < 4.78 is 5.85. The maximum Gasteiger partial charge on any atom is 0.153 e. The smallest absolute Gasteiger partial charge is 0.153 e. The van der Waals surface area contributed by atoms with Crippen molar-refractivity contribution in [2.45, 2.75) is 5.60 Å². The molecule has 1 aromatic rings. The van der Waals surface area contributed by atoms with Crippen LogP contribution in [-0.4, -0.2) is 23.3 Å². The summed E-state index contributed by atoms with van der Waals surface area (Å²) in [5, 5.41) is 9.80. The zero-order chi connectivity index (χ0) is 8.60. The van der Waals surface area contributed by atoms with Crippen molar-refractivity contribution in [1.29, 1.82) is 0 Å². The Labute approximate surface area is 78.5 Å². The molecule has 0 aromatic carbocycles. The van der Waals surface area contributed by atoms with Crippen molar-refractivity contribution in [3.8, 4) is 0 Å². The maximum absolute atomic E-state index is 9.80. The van der Waals surface area contributed by atoms with Gasteiger partial charge in [-0.2, -0.15) is 0 Å². The van der Waals surface area contributed by atoms with E-state index >= 15 is 0 Å². The van der Waals surface area contributed by atoms with Crippen LogP contribution in [0, 0.1) is 0 Å². The summed E-state index contributed by atoms with van der Waals surface area (Å²) in [5.41, 5.74) is -0.188. The Morgan fingerprint density at radius 2 is 2.33 bits per heavy atom. The van der Waals surface area contributed by atoms with E-state index in [-0.39, 0.29) is 0 Å². The van der Waals surface area contributed by atoms with Crippen LogP contribution in [-0.2, 0) is 10.3 Å². The second-order valence-corrected chi connectivity index (χ2v) is 3.80. The third-order valence-corrected chi connectivity index (χ3v) is 2.37. The Kier molecular flexibility index (Phi) is 1.90. The van der Waals surface area contributed by atoms with Crippen molar-refractivity contribution in [2.24, 2.45) is 0 Å². The van der Waals surface area contributed by atoms with Crippen LogP contribution in [0.4, 0.5) is 0 Å². The van der Waals surface area contributed by atoms with Crippen LogP contribution >= 0.6 is 15.9 Å². The highest BCUT2D eigenvalue weighted by atomic mass is 79.9. The van der Waals surface area contributed by atoms with Gasteiger partial charge in [0.15, 0.2) is 5.60 Å². The zero-order valence-electron chi connectivity index (χ0n) is 6.33. The standard InChI is InChI=1S/C8H8BrNO2/c9-6-1-2-10-7(3-6)8(11)4-12-5-8/h1-3,11H,4-5H2. The quantitative estimate of drug-likeness (QED) is 0.784. The van der Waals surface area contributed by atoms with Gasteiger partial charge in [0.25, 0.3) is 0 Å². The molecule has 2 rings (SSSR count). The molecule has 1 fully saturated rings. The van der Waals surface area contributed by atoms with Crippen LogP contribution in [0.5, 0.6) is 0 Å². The minimum absolute atomic E-state index is 0.344. The van der Waals surface area contributed by atoms with E-state index in [9.17, 15) is 5.11 Å². The van der Waals surface area contributed by atoms with Crippen LogP contribution in [0.1, 0.15) is 5.69 Å². The molecule has 1 aliphatic heterocycles. The van der Waals surface area contributed by atoms with Crippen LogP contribution in [0.15, 0.2) is 22.8 Å². The molecule has 0 spiro atoms. The van der Waals surface area contributed by atoms with Crippen molar-refractivity contribution in [2.75, 3.05) is 13.2 Å². The number of nitrogens with zero attached hydrogens (tertiary/aromatic N) is 1. The van der Waals surface area contributed by atoms with Crippen LogP contribution in [0.25, 0.3) is 0 Å². The number of hydrogen-bond acceptors (Lipinski definition) is 3. The SMILES string of the molecule is OC1(c2cc(Br)ccn2)COC1. The number of halogens is 1. The second kappa shape index (κ2) is 2.80. The van der Waals surface area contributed by atoms with E-state index in [1.807, 2.05) is 12.1 Å². The summed E-state index contributed by atoms with van der Waals surface area (Å²) >= 11 is 3.32. The molecule has 12 heavy (non-hydrogen) atoms. The number of aliphatic hydroxyl groups is 1. The molecule has 1 aromatic heterocycles. The lowest BCUT2D eigenvalue weighted by Gasteiger charge is -2.35. The summed E-state index contributed by atoms with van der Waals surface area (Å²) in [4.78, 5) is 4.07. The highest BCUT2D eigenvalue weighted by Gasteiger charge is 2.39. The van der Waals surface area contributed by atoms with E-state index in [0.29, 0.717) is 18.9 Å². The van der Waals surface area contributed by atoms with Gasteiger partial charge in [-0.05, 0) is 12.1 Å². The minimum Gasteiger partial charge on any atom is -0.379 e. The predicted octanol–water partition coefficient (Wildman–Crippen LogP) is 1.06. The van der Waals surface area contributed by atoms with Gasteiger partial charge in [-0.15, -0.1) is 0 Å². The maximum atomic E-state index is 9.80. The fourth-order valence-electron chi connectivity index (χ4n) is 1.10.